The first-order chi connectivity index (χ1) is 12.8. The Morgan fingerprint density at radius 3 is 2.46 bits per heavy atom. The number of ether oxygens (including phenoxy) is 1. The molecule has 1 aliphatic rings. The molecule has 1 aromatic carbocycles. The molecule has 0 saturated heterocycles. The topological polar surface area (TPSA) is 89.9 Å². The van der Waals surface area contributed by atoms with Gasteiger partial charge in [-0.2, -0.15) is 0 Å². The second kappa shape index (κ2) is 7.43. The lowest BCUT2D eigenvalue weighted by Gasteiger charge is -2.28. The number of carbonyl (C=O) groups excluding carboxylic acids is 1. The van der Waals surface area contributed by atoms with Gasteiger partial charge >= 0.3 is 6.01 Å². The first kappa shape index (κ1) is 16.4. The van der Waals surface area contributed by atoms with Crippen molar-refractivity contribution >= 4 is 16.9 Å². The van der Waals surface area contributed by atoms with Crippen LogP contribution >= 0.6 is 0 Å². The highest BCUT2D eigenvalue weighted by Crippen LogP contribution is 2.22. The van der Waals surface area contributed by atoms with E-state index in [9.17, 15) is 4.79 Å². The molecule has 1 fully saturated rings. The largest absolute Gasteiger partial charge is 0.460 e. The first-order valence-electron chi connectivity index (χ1n) is 8.74. The van der Waals surface area contributed by atoms with Gasteiger partial charge in [-0.05, 0) is 43.9 Å². The van der Waals surface area contributed by atoms with Crippen molar-refractivity contribution in [2.24, 2.45) is 0 Å². The minimum absolute atomic E-state index is 0.0889. The van der Waals surface area contributed by atoms with Crippen LogP contribution in [0.3, 0.4) is 0 Å². The molecule has 1 N–H and O–H groups in total. The number of aromatic nitrogens is 4. The molecule has 1 amide bonds. The van der Waals surface area contributed by atoms with Crippen LogP contribution in [0, 0.1) is 0 Å². The van der Waals surface area contributed by atoms with Crippen LogP contribution < -0.4 is 10.1 Å². The summed E-state index contributed by atoms with van der Waals surface area (Å²) in [7, 11) is 0. The highest BCUT2D eigenvalue weighted by Gasteiger charge is 2.25. The monoisotopic (exact) mass is 349 g/mol. The van der Waals surface area contributed by atoms with Crippen LogP contribution in [0.15, 0.2) is 48.9 Å². The Hall–Kier alpha value is -3.09. The zero-order chi connectivity index (χ0) is 17.8. The van der Waals surface area contributed by atoms with Gasteiger partial charge in [-0.1, -0.05) is 12.1 Å². The summed E-state index contributed by atoms with van der Waals surface area (Å²) in [6, 6.07) is 9.80. The van der Waals surface area contributed by atoms with Crippen LogP contribution in [-0.4, -0.2) is 38.0 Å². The van der Waals surface area contributed by atoms with Crippen molar-refractivity contribution < 1.29 is 9.53 Å². The summed E-state index contributed by atoms with van der Waals surface area (Å²) in [4.78, 5) is 29.3. The van der Waals surface area contributed by atoms with Gasteiger partial charge < -0.3 is 10.1 Å². The van der Waals surface area contributed by atoms with Crippen LogP contribution in [-0.2, 0) is 0 Å². The molecule has 1 saturated carbocycles. The Kier molecular flexibility index (Phi) is 4.68. The Labute approximate surface area is 150 Å². The van der Waals surface area contributed by atoms with Gasteiger partial charge in [0, 0.05) is 18.4 Å². The summed E-state index contributed by atoms with van der Waals surface area (Å²) in [6.45, 7) is 0. The van der Waals surface area contributed by atoms with Crippen molar-refractivity contribution in [1.29, 1.82) is 0 Å². The molecular weight excluding hydrogens is 330 g/mol. The molecule has 0 radical (unpaired) electrons. The van der Waals surface area contributed by atoms with Crippen LogP contribution in [0.1, 0.15) is 36.2 Å². The summed E-state index contributed by atoms with van der Waals surface area (Å²) in [5.41, 5.74) is 1.85. The molecule has 0 spiro atoms. The molecule has 0 atom stereocenters. The molecule has 26 heavy (non-hydrogen) atoms. The minimum Gasteiger partial charge on any atom is -0.460 e. The number of nitrogens with zero attached hydrogens (tertiary/aromatic N) is 4. The van der Waals surface area contributed by atoms with Gasteiger partial charge in [0.25, 0.3) is 5.91 Å². The molecule has 0 aliphatic heterocycles. The lowest BCUT2D eigenvalue weighted by Crippen LogP contribution is -2.40. The highest BCUT2D eigenvalue weighted by molar-refractivity contribution is 5.93. The average molecular weight is 349 g/mol. The summed E-state index contributed by atoms with van der Waals surface area (Å²) < 4.78 is 5.78. The minimum atomic E-state index is -0.181. The zero-order valence-corrected chi connectivity index (χ0v) is 14.2. The Morgan fingerprint density at radius 2 is 1.69 bits per heavy atom. The number of carbonyl (C=O) groups is 1. The third kappa shape index (κ3) is 3.77. The van der Waals surface area contributed by atoms with E-state index in [0.29, 0.717) is 11.7 Å². The van der Waals surface area contributed by atoms with Gasteiger partial charge in [-0.3, -0.25) is 9.78 Å². The van der Waals surface area contributed by atoms with E-state index < -0.39 is 0 Å². The molecule has 7 nitrogen and oxygen atoms in total. The molecule has 2 aromatic heterocycles. The van der Waals surface area contributed by atoms with E-state index in [1.54, 1.807) is 18.5 Å². The smallest absolute Gasteiger partial charge is 0.316 e. The van der Waals surface area contributed by atoms with Gasteiger partial charge in [-0.15, -0.1) is 0 Å². The predicted octanol–water partition coefficient (Wildman–Crippen LogP) is 2.54. The molecule has 1 aliphatic carbocycles. The number of amides is 1. The first-order valence-corrected chi connectivity index (χ1v) is 8.74. The normalized spacial score (nSPS) is 19.8. The van der Waals surface area contributed by atoms with Crippen molar-refractivity contribution in [2.75, 3.05) is 0 Å². The molecule has 3 aromatic rings. The number of rotatable bonds is 4. The van der Waals surface area contributed by atoms with E-state index in [-0.39, 0.29) is 18.1 Å². The fraction of sp³-hybridized carbons (Fsp3) is 0.316. The molecule has 0 bridgehead atoms. The van der Waals surface area contributed by atoms with Gasteiger partial charge in [0.05, 0.1) is 17.2 Å². The summed E-state index contributed by atoms with van der Waals surface area (Å²) in [6.07, 6.45) is 8.36. The van der Waals surface area contributed by atoms with Gasteiger partial charge in [-0.25, -0.2) is 15.0 Å². The van der Waals surface area contributed by atoms with E-state index in [0.717, 1.165) is 36.7 Å². The van der Waals surface area contributed by atoms with Crippen molar-refractivity contribution in [3.63, 3.8) is 0 Å². The van der Waals surface area contributed by atoms with Gasteiger partial charge in [0.15, 0.2) is 0 Å². The molecule has 4 rings (SSSR count). The van der Waals surface area contributed by atoms with E-state index in [1.807, 2.05) is 24.3 Å². The fourth-order valence-electron chi connectivity index (χ4n) is 3.15. The predicted molar refractivity (Wildman–Crippen MR) is 95.7 cm³/mol. The number of benzene rings is 1. The van der Waals surface area contributed by atoms with Crippen molar-refractivity contribution in [3.8, 4) is 6.01 Å². The van der Waals surface area contributed by atoms with Crippen molar-refractivity contribution in [2.45, 2.75) is 37.8 Å². The maximum atomic E-state index is 12.5. The number of fused-ring (bicyclic) bond motifs is 1. The maximum Gasteiger partial charge on any atom is 0.316 e. The zero-order valence-electron chi connectivity index (χ0n) is 14.2. The lowest BCUT2D eigenvalue weighted by atomic mass is 9.93. The third-order valence-electron chi connectivity index (χ3n) is 4.50. The van der Waals surface area contributed by atoms with E-state index in [2.05, 4.69) is 25.3 Å². The highest BCUT2D eigenvalue weighted by atomic mass is 16.5. The molecule has 132 valence electrons. The SMILES string of the molecule is O=C(NC1CCC(Oc2ncccn2)CC1)c1cnc2ccccc2n1. The maximum absolute atomic E-state index is 12.5. The van der Waals surface area contributed by atoms with Crippen molar-refractivity contribution in [1.82, 2.24) is 25.3 Å². The quantitative estimate of drug-likeness (QED) is 0.778. The summed E-state index contributed by atoms with van der Waals surface area (Å²) in [5.74, 6) is -0.181. The number of hydrogen-bond acceptors (Lipinski definition) is 6. The fourth-order valence-corrected chi connectivity index (χ4v) is 3.15. The van der Waals surface area contributed by atoms with E-state index >= 15 is 0 Å². The number of para-hydroxylation sites is 2. The number of hydrogen-bond donors (Lipinski definition) is 1. The van der Waals surface area contributed by atoms with Gasteiger partial charge in [0.2, 0.25) is 0 Å². The summed E-state index contributed by atoms with van der Waals surface area (Å²) in [5, 5.41) is 3.06. The van der Waals surface area contributed by atoms with Crippen LogP contribution in [0.5, 0.6) is 6.01 Å². The van der Waals surface area contributed by atoms with Crippen LogP contribution in [0.4, 0.5) is 0 Å². The number of nitrogens with one attached hydrogen (secondary N) is 1. The second-order valence-electron chi connectivity index (χ2n) is 6.34. The average Bonchev–Trinajstić information content (AvgIpc) is 2.70. The van der Waals surface area contributed by atoms with E-state index in [1.165, 1.54) is 6.20 Å². The van der Waals surface area contributed by atoms with E-state index in [4.69, 9.17) is 4.74 Å². The van der Waals surface area contributed by atoms with Crippen LogP contribution in [0.2, 0.25) is 0 Å². The Morgan fingerprint density at radius 1 is 0.962 bits per heavy atom. The van der Waals surface area contributed by atoms with Crippen molar-refractivity contribution in [3.05, 3.63) is 54.6 Å². The second-order valence-corrected chi connectivity index (χ2v) is 6.34. The third-order valence-corrected chi connectivity index (χ3v) is 4.50. The Bertz CT molecular complexity index is 895. The molecule has 0 unspecified atom stereocenters. The Balaban J connectivity index is 1.32. The van der Waals surface area contributed by atoms with Gasteiger partial charge in [0.1, 0.15) is 11.8 Å². The summed E-state index contributed by atoms with van der Waals surface area (Å²) >= 11 is 0. The lowest BCUT2D eigenvalue weighted by molar-refractivity contribution is 0.0880. The molecular formula is C19H19N5O2. The molecule has 2 heterocycles. The van der Waals surface area contributed by atoms with Crippen LogP contribution in [0.25, 0.3) is 11.0 Å². The standard InChI is InChI=1S/C19H19N5O2/c25-18(17-12-22-15-4-1-2-5-16(15)24-17)23-13-6-8-14(9-7-13)26-19-20-10-3-11-21-19/h1-5,10-14H,6-9H2,(H,23,25). The molecule has 7 heteroatoms.